The Labute approximate surface area is 385 Å². The van der Waals surface area contributed by atoms with Gasteiger partial charge in [0, 0.05) is 33.1 Å². The summed E-state index contributed by atoms with van der Waals surface area (Å²) in [6.07, 6.45) is 0. The van der Waals surface area contributed by atoms with Crippen LogP contribution in [0.15, 0.2) is 241 Å². The Kier molecular flexibility index (Phi) is 8.51. The van der Waals surface area contributed by atoms with Crippen LogP contribution in [0, 0.1) is 0 Å². The van der Waals surface area contributed by atoms with Crippen molar-refractivity contribution in [3.05, 3.63) is 270 Å². The Morgan fingerprint density at radius 3 is 1.56 bits per heavy atom. The minimum absolute atomic E-state index is 0.0679. The lowest BCUT2D eigenvalue weighted by Crippen LogP contribution is -2.28. The van der Waals surface area contributed by atoms with Gasteiger partial charge >= 0.3 is 0 Å². The van der Waals surface area contributed by atoms with Gasteiger partial charge in [0.05, 0.1) is 11.1 Å². The molecule has 11 aromatic rings. The second kappa shape index (κ2) is 14.7. The van der Waals surface area contributed by atoms with Crippen LogP contribution in [0.25, 0.3) is 66.4 Å². The van der Waals surface area contributed by atoms with Crippen LogP contribution in [0.3, 0.4) is 0 Å². The Morgan fingerprint density at radius 1 is 0.348 bits per heavy atom. The highest BCUT2D eigenvalue weighted by Crippen LogP contribution is 2.59. The van der Waals surface area contributed by atoms with E-state index < -0.39 is 5.41 Å². The van der Waals surface area contributed by atoms with Crippen LogP contribution in [0.2, 0.25) is 0 Å². The maximum Gasteiger partial charge on any atom is 0.135 e. The third-order valence-corrected chi connectivity index (χ3v) is 14.6. The molecular formula is C64H45NO. The van der Waals surface area contributed by atoms with Crippen molar-refractivity contribution in [1.82, 2.24) is 0 Å². The minimum Gasteiger partial charge on any atom is -0.456 e. The SMILES string of the molecule is CC1(C)c2ccccc2-c2ccc(-c3ccc(N(c4ccc(-c5ccc6oc7ccccc7c6c5)cc4)c4cccc5c4-c4ccccc4C5(c4ccccc4)c4ccccc4)cc3)cc21. The van der Waals surface area contributed by atoms with Crippen molar-refractivity contribution in [1.29, 1.82) is 0 Å². The highest BCUT2D eigenvalue weighted by atomic mass is 16.3. The third kappa shape index (κ3) is 5.61. The van der Waals surface area contributed by atoms with E-state index in [1.54, 1.807) is 0 Å². The standard InChI is InChI=1S/C64H45NO/c1-63(2)55-23-12-9-20-50(55)51-38-32-45(41-58(51)63)43-30-36-49(37-31-43)65(48-34-28-42(29-35-48)44-33-39-61-54(40-44)52-21-11-14-27-60(52)66-61)59-26-15-25-57-62(59)53-22-10-13-24-56(53)64(57,46-16-5-3-6-17-46)47-18-7-4-8-19-47/h3-41H,1-2H3. The number of hydrogen-bond donors (Lipinski definition) is 0. The van der Waals surface area contributed by atoms with Gasteiger partial charge in [-0.25, -0.2) is 0 Å². The van der Waals surface area contributed by atoms with Gasteiger partial charge in [0.15, 0.2) is 0 Å². The normalized spacial score (nSPS) is 13.8. The fraction of sp³-hybridized carbons (Fsp3) is 0.0625. The molecule has 2 nitrogen and oxygen atoms in total. The zero-order valence-electron chi connectivity index (χ0n) is 36.9. The fourth-order valence-electron chi connectivity index (χ4n) is 11.5. The van der Waals surface area contributed by atoms with Gasteiger partial charge in [-0.05, 0) is 127 Å². The Morgan fingerprint density at radius 2 is 0.864 bits per heavy atom. The summed E-state index contributed by atoms with van der Waals surface area (Å²) in [6.45, 7) is 4.71. The van der Waals surface area contributed by atoms with E-state index in [1.807, 2.05) is 12.1 Å². The number of benzene rings is 10. The lowest BCUT2D eigenvalue weighted by molar-refractivity contribution is 0.660. The summed E-state index contributed by atoms with van der Waals surface area (Å²) in [7, 11) is 0. The van der Waals surface area contributed by atoms with Crippen LogP contribution in [0.4, 0.5) is 17.1 Å². The number of anilines is 3. The van der Waals surface area contributed by atoms with E-state index >= 15 is 0 Å². The number of hydrogen-bond acceptors (Lipinski definition) is 2. The van der Waals surface area contributed by atoms with Gasteiger partial charge in [-0.3, -0.25) is 0 Å². The molecule has 0 fully saturated rings. The van der Waals surface area contributed by atoms with Crippen molar-refractivity contribution < 1.29 is 4.42 Å². The number of para-hydroxylation sites is 1. The average molecular weight is 844 g/mol. The van der Waals surface area contributed by atoms with Gasteiger partial charge < -0.3 is 9.32 Å². The van der Waals surface area contributed by atoms with Crippen LogP contribution >= 0.6 is 0 Å². The van der Waals surface area contributed by atoms with E-state index in [2.05, 4.69) is 243 Å². The monoisotopic (exact) mass is 843 g/mol. The molecule has 0 unspecified atom stereocenters. The molecule has 0 aliphatic heterocycles. The molecule has 0 atom stereocenters. The first kappa shape index (κ1) is 38.3. The molecule has 2 aliphatic rings. The van der Waals surface area contributed by atoms with E-state index in [9.17, 15) is 0 Å². The van der Waals surface area contributed by atoms with E-state index in [4.69, 9.17) is 4.42 Å². The molecule has 2 heteroatoms. The Hall–Kier alpha value is -8.20. The predicted molar refractivity (Wildman–Crippen MR) is 274 cm³/mol. The molecule has 1 heterocycles. The van der Waals surface area contributed by atoms with Crippen LogP contribution in [-0.4, -0.2) is 0 Å². The number of furan rings is 1. The Balaban J connectivity index is 0.981. The fourth-order valence-corrected chi connectivity index (χ4v) is 11.5. The van der Waals surface area contributed by atoms with E-state index in [1.165, 1.54) is 66.8 Å². The van der Waals surface area contributed by atoms with Crippen molar-refractivity contribution in [2.75, 3.05) is 4.90 Å². The molecule has 66 heavy (non-hydrogen) atoms. The molecule has 0 spiro atoms. The third-order valence-electron chi connectivity index (χ3n) is 14.6. The number of fused-ring (bicyclic) bond motifs is 9. The summed E-state index contributed by atoms with van der Waals surface area (Å²) >= 11 is 0. The van der Waals surface area contributed by atoms with Crippen LogP contribution < -0.4 is 4.90 Å². The minimum atomic E-state index is -0.513. The molecule has 10 aromatic carbocycles. The summed E-state index contributed by atoms with van der Waals surface area (Å²) in [4.78, 5) is 2.46. The first-order valence-electron chi connectivity index (χ1n) is 23.0. The van der Waals surface area contributed by atoms with Crippen molar-refractivity contribution >= 4 is 39.0 Å². The molecule has 0 N–H and O–H groups in total. The zero-order valence-corrected chi connectivity index (χ0v) is 36.9. The lowest BCUT2D eigenvalue weighted by atomic mass is 9.68. The van der Waals surface area contributed by atoms with Crippen LogP contribution in [0.1, 0.15) is 47.2 Å². The van der Waals surface area contributed by atoms with Crippen molar-refractivity contribution in [3.8, 4) is 44.5 Å². The highest BCUT2D eigenvalue weighted by Gasteiger charge is 2.47. The quantitative estimate of drug-likeness (QED) is 0.159. The highest BCUT2D eigenvalue weighted by molar-refractivity contribution is 6.06. The molecule has 0 bridgehead atoms. The van der Waals surface area contributed by atoms with Gasteiger partial charge in [-0.15, -0.1) is 0 Å². The summed E-state index contributed by atoms with van der Waals surface area (Å²) in [6, 6.07) is 87.1. The molecule has 0 radical (unpaired) electrons. The predicted octanol–water partition coefficient (Wildman–Crippen LogP) is 17.1. The van der Waals surface area contributed by atoms with Gasteiger partial charge in [-0.1, -0.05) is 196 Å². The maximum absolute atomic E-state index is 6.20. The van der Waals surface area contributed by atoms with Crippen molar-refractivity contribution in [2.24, 2.45) is 0 Å². The first-order valence-corrected chi connectivity index (χ1v) is 23.0. The number of rotatable bonds is 7. The average Bonchev–Trinajstić information content (AvgIpc) is 3.99. The molecule has 312 valence electrons. The van der Waals surface area contributed by atoms with Gasteiger partial charge in [0.2, 0.25) is 0 Å². The molecular weight excluding hydrogens is 799 g/mol. The molecule has 13 rings (SSSR count). The molecule has 1 aromatic heterocycles. The van der Waals surface area contributed by atoms with Gasteiger partial charge in [0.25, 0.3) is 0 Å². The summed E-state index contributed by atoms with van der Waals surface area (Å²) in [5.74, 6) is 0. The second-order valence-electron chi connectivity index (χ2n) is 18.4. The van der Waals surface area contributed by atoms with E-state index in [0.717, 1.165) is 50.1 Å². The summed E-state index contributed by atoms with van der Waals surface area (Å²) in [5, 5.41) is 2.26. The van der Waals surface area contributed by atoms with Gasteiger partial charge in [0.1, 0.15) is 11.2 Å². The van der Waals surface area contributed by atoms with Crippen molar-refractivity contribution in [3.63, 3.8) is 0 Å². The molecule has 2 aliphatic carbocycles. The Bertz CT molecular complexity index is 3620. The molecule has 0 saturated carbocycles. The maximum atomic E-state index is 6.20. The zero-order chi connectivity index (χ0) is 44.0. The van der Waals surface area contributed by atoms with Crippen LogP contribution in [-0.2, 0) is 10.8 Å². The summed E-state index contributed by atoms with van der Waals surface area (Å²) in [5.41, 5.74) is 22.3. The largest absolute Gasteiger partial charge is 0.456 e. The van der Waals surface area contributed by atoms with E-state index in [0.29, 0.717) is 0 Å². The second-order valence-corrected chi connectivity index (χ2v) is 18.4. The smallest absolute Gasteiger partial charge is 0.135 e. The molecule has 0 amide bonds. The van der Waals surface area contributed by atoms with Crippen LogP contribution in [0.5, 0.6) is 0 Å². The first-order chi connectivity index (χ1) is 32.5. The van der Waals surface area contributed by atoms with Crippen molar-refractivity contribution in [2.45, 2.75) is 24.7 Å². The molecule has 0 saturated heterocycles. The number of nitrogens with zero attached hydrogens (tertiary/aromatic N) is 1. The van der Waals surface area contributed by atoms with Gasteiger partial charge in [-0.2, -0.15) is 0 Å². The lowest BCUT2D eigenvalue weighted by Gasteiger charge is -2.34. The summed E-state index contributed by atoms with van der Waals surface area (Å²) < 4.78 is 6.20. The topological polar surface area (TPSA) is 16.4 Å². The van der Waals surface area contributed by atoms with E-state index in [-0.39, 0.29) is 5.41 Å².